The second-order valence-corrected chi connectivity index (χ2v) is 6.78. The molecule has 160 valence electrons. The Hall–Kier alpha value is -2.62. The number of guanidine groups is 1. The number of nitrogens with one attached hydrogen (secondary N) is 2. The lowest BCUT2D eigenvalue weighted by molar-refractivity contribution is 0.411. The monoisotopic (exact) mass is 520 g/mol. The van der Waals surface area contributed by atoms with Crippen LogP contribution in [-0.4, -0.2) is 41.2 Å². The lowest BCUT2D eigenvalue weighted by Crippen LogP contribution is -2.37. The van der Waals surface area contributed by atoms with Crippen molar-refractivity contribution in [1.29, 1.82) is 0 Å². The Bertz CT molecular complexity index is 968. The standard InChI is InChI=1S/C22H28N6O.HI/c1-16-5-6-18(13-20(16)29-4)9-10-25-22(23-3)27-15-19-7-8-21(26-14-19)28-12-11-24-17(28)2;/h5-8,11-14H,9-10,15H2,1-4H3,(H2,23,25,27);1H. The molecule has 7 nitrogen and oxygen atoms in total. The Morgan fingerprint density at radius 3 is 2.53 bits per heavy atom. The van der Waals surface area contributed by atoms with E-state index in [1.165, 1.54) is 5.56 Å². The van der Waals surface area contributed by atoms with Gasteiger partial charge in [0.2, 0.25) is 0 Å². The average Bonchev–Trinajstić information content (AvgIpc) is 3.18. The van der Waals surface area contributed by atoms with Gasteiger partial charge in [0, 0.05) is 38.7 Å². The second-order valence-electron chi connectivity index (χ2n) is 6.78. The van der Waals surface area contributed by atoms with Crippen LogP contribution in [0, 0.1) is 13.8 Å². The van der Waals surface area contributed by atoms with Crippen molar-refractivity contribution >= 4 is 29.9 Å². The van der Waals surface area contributed by atoms with Crippen LogP contribution in [-0.2, 0) is 13.0 Å². The van der Waals surface area contributed by atoms with Gasteiger partial charge >= 0.3 is 0 Å². The van der Waals surface area contributed by atoms with Gasteiger partial charge < -0.3 is 15.4 Å². The van der Waals surface area contributed by atoms with Crippen molar-refractivity contribution < 1.29 is 4.74 Å². The van der Waals surface area contributed by atoms with Gasteiger partial charge in [0.1, 0.15) is 17.4 Å². The van der Waals surface area contributed by atoms with E-state index in [-0.39, 0.29) is 24.0 Å². The highest BCUT2D eigenvalue weighted by molar-refractivity contribution is 14.0. The first-order valence-electron chi connectivity index (χ1n) is 9.64. The molecule has 0 spiro atoms. The molecule has 0 aliphatic rings. The SMILES string of the molecule is CN=C(NCCc1ccc(C)c(OC)c1)NCc1ccc(-n2ccnc2C)nc1.I. The van der Waals surface area contributed by atoms with Gasteiger partial charge in [0.05, 0.1) is 7.11 Å². The van der Waals surface area contributed by atoms with Gasteiger partial charge in [0.15, 0.2) is 5.96 Å². The molecule has 0 saturated carbocycles. The topological polar surface area (TPSA) is 76.4 Å². The lowest BCUT2D eigenvalue weighted by Gasteiger charge is -2.13. The number of hydrogen-bond donors (Lipinski definition) is 2. The predicted molar refractivity (Wildman–Crippen MR) is 131 cm³/mol. The molecule has 2 aromatic heterocycles. The fraction of sp³-hybridized carbons (Fsp3) is 0.318. The minimum Gasteiger partial charge on any atom is -0.496 e. The highest BCUT2D eigenvalue weighted by Gasteiger charge is 2.04. The summed E-state index contributed by atoms with van der Waals surface area (Å²) in [6, 6.07) is 10.4. The molecule has 3 rings (SSSR count). The summed E-state index contributed by atoms with van der Waals surface area (Å²) >= 11 is 0. The zero-order valence-electron chi connectivity index (χ0n) is 17.8. The number of nitrogens with zero attached hydrogens (tertiary/aromatic N) is 4. The average molecular weight is 520 g/mol. The summed E-state index contributed by atoms with van der Waals surface area (Å²) in [5, 5.41) is 6.67. The Balaban J connectivity index is 0.00000320. The zero-order valence-corrected chi connectivity index (χ0v) is 20.2. The summed E-state index contributed by atoms with van der Waals surface area (Å²) in [5.41, 5.74) is 3.45. The van der Waals surface area contributed by atoms with Crippen LogP contribution >= 0.6 is 24.0 Å². The van der Waals surface area contributed by atoms with E-state index in [0.717, 1.165) is 47.4 Å². The third-order valence-corrected chi connectivity index (χ3v) is 4.74. The maximum atomic E-state index is 5.39. The minimum absolute atomic E-state index is 0. The molecule has 0 fully saturated rings. The largest absolute Gasteiger partial charge is 0.496 e. The van der Waals surface area contributed by atoms with E-state index in [9.17, 15) is 0 Å². The Labute approximate surface area is 195 Å². The summed E-state index contributed by atoms with van der Waals surface area (Å²) in [6.07, 6.45) is 6.44. The molecule has 0 aliphatic heterocycles. The van der Waals surface area contributed by atoms with Crippen LogP contribution in [0.4, 0.5) is 0 Å². The van der Waals surface area contributed by atoms with Gasteiger partial charge in [0.25, 0.3) is 0 Å². The molecule has 8 heteroatoms. The number of aromatic nitrogens is 3. The molecule has 0 atom stereocenters. The smallest absolute Gasteiger partial charge is 0.191 e. The van der Waals surface area contributed by atoms with Crippen LogP contribution in [0.3, 0.4) is 0 Å². The molecule has 0 amide bonds. The Kier molecular flexibility index (Phi) is 9.10. The van der Waals surface area contributed by atoms with E-state index >= 15 is 0 Å². The van der Waals surface area contributed by atoms with Crippen molar-refractivity contribution in [3.8, 4) is 11.6 Å². The fourth-order valence-corrected chi connectivity index (χ4v) is 3.04. The highest BCUT2D eigenvalue weighted by Crippen LogP contribution is 2.19. The molecule has 0 bridgehead atoms. The summed E-state index contributed by atoms with van der Waals surface area (Å²) in [7, 11) is 3.47. The molecule has 0 unspecified atom stereocenters. The number of benzene rings is 1. The van der Waals surface area contributed by atoms with Crippen LogP contribution in [0.1, 0.15) is 22.5 Å². The van der Waals surface area contributed by atoms with E-state index < -0.39 is 0 Å². The molecular formula is C22H29IN6O. The number of imidazole rings is 1. The summed E-state index contributed by atoms with van der Waals surface area (Å²) in [6.45, 7) is 5.43. The van der Waals surface area contributed by atoms with Crippen LogP contribution in [0.2, 0.25) is 0 Å². The van der Waals surface area contributed by atoms with Gasteiger partial charge in [-0.15, -0.1) is 24.0 Å². The maximum absolute atomic E-state index is 5.39. The minimum atomic E-state index is 0. The summed E-state index contributed by atoms with van der Waals surface area (Å²) < 4.78 is 7.35. The Morgan fingerprint density at radius 1 is 1.10 bits per heavy atom. The second kappa shape index (κ2) is 11.5. The number of rotatable bonds is 7. The zero-order chi connectivity index (χ0) is 20.6. The van der Waals surface area contributed by atoms with Gasteiger partial charge in [-0.25, -0.2) is 9.97 Å². The number of hydrogen-bond acceptors (Lipinski definition) is 4. The fourth-order valence-electron chi connectivity index (χ4n) is 3.04. The van der Waals surface area contributed by atoms with E-state index in [2.05, 4.69) is 49.9 Å². The third kappa shape index (κ3) is 6.19. The normalized spacial score (nSPS) is 11.0. The van der Waals surface area contributed by atoms with Gasteiger partial charge in [-0.3, -0.25) is 9.56 Å². The molecule has 30 heavy (non-hydrogen) atoms. The van der Waals surface area contributed by atoms with Crippen LogP contribution < -0.4 is 15.4 Å². The predicted octanol–water partition coefficient (Wildman–Crippen LogP) is 3.42. The highest BCUT2D eigenvalue weighted by atomic mass is 127. The Morgan fingerprint density at radius 2 is 1.90 bits per heavy atom. The molecule has 1 aromatic carbocycles. The summed E-state index contributed by atoms with van der Waals surface area (Å²) in [5.74, 6) is 3.46. The number of halogens is 1. The molecule has 0 saturated heterocycles. The number of methoxy groups -OCH3 is 1. The van der Waals surface area contributed by atoms with E-state index in [1.807, 2.05) is 36.9 Å². The number of aryl methyl sites for hydroxylation is 2. The number of pyridine rings is 1. The van der Waals surface area contributed by atoms with Crippen LogP contribution in [0.25, 0.3) is 5.82 Å². The van der Waals surface area contributed by atoms with Crippen LogP contribution in [0.15, 0.2) is 53.9 Å². The van der Waals surface area contributed by atoms with E-state index in [0.29, 0.717) is 6.54 Å². The first-order chi connectivity index (χ1) is 14.1. The molecule has 2 heterocycles. The van der Waals surface area contributed by atoms with Crippen molar-refractivity contribution in [1.82, 2.24) is 25.2 Å². The molecule has 0 aliphatic carbocycles. The maximum Gasteiger partial charge on any atom is 0.191 e. The number of aliphatic imine (C=N–C) groups is 1. The van der Waals surface area contributed by atoms with Crippen molar-refractivity contribution in [3.05, 3.63) is 71.4 Å². The third-order valence-electron chi connectivity index (χ3n) is 4.74. The van der Waals surface area contributed by atoms with Crippen molar-refractivity contribution in [2.45, 2.75) is 26.8 Å². The molecule has 2 N–H and O–H groups in total. The first kappa shape index (κ1) is 23.7. The first-order valence-corrected chi connectivity index (χ1v) is 9.64. The lowest BCUT2D eigenvalue weighted by atomic mass is 10.1. The molecule has 3 aromatic rings. The van der Waals surface area contributed by atoms with Crippen molar-refractivity contribution in [2.75, 3.05) is 20.7 Å². The van der Waals surface area contributed by atoms with Crippen molar-refractivity contribution in [3.63, 3.8) is 0 Å². The molecular weight excluding hydrogens is 491 g/mol. The van der Waals surface area contributed by atoms with Gasteiger partial charge in [-0.05, 0) is 49.1 Å². The van der Waals surface area contributed by atoms with E-state index in [1.54, 1.807) is 20.4 Å². The van der Waals surface area contributed by atoms with Gasteiger partial charge in [-0.1, -0.05) is 18.2 Å². The van der Waals surface area contributed by atoms with Crippen LogP contribution in [0.5, 0.6) is 5.75 Å². The van der Waals surface area contributed by atoms with Gasteiger partial charge in [-0.2, -0.15) is 0 Å². The van der Waals surface area contributed by atoms with E-state index in [4.69, 9.17) is 4.74 Å². The quantitative estimate of drug-likeness (QED) is 0.284. The molecule has 0 radical (unpaired) electrons. The van der Waals surface area contributed by atoms with Crippen molar-refractivity contribution in [2.24, 2.45) is 4.99 Å². The summed E-state index contributed by atoms with van der Waals surface area (Å²) in [4.78, 5) is 13.0. The number of ether oxygens (including phenoxy) is 1.